The number of esters is 1. The number of rotatable bonds is 9. The summed E-state index contributed by atoms with van der Waals surface area (Å²) in [4.78, 5) is 11.2. The summed E-state index contributed by atoms with van der Waals surface area (Å²) < 4.78 is 55.9. The molecule has 0 aliphatic rings. The summed E-state index contributed by atoms with van der Waals surface area (Å²) in [6.07, 6.45) is -1.86. The molecule has 0 heterocycles. The van der Waals surface area contributed by atoms with E-state index >= 15 is 0 Å². The average molecular weight is 286 g/mol. The lowest BCUT2D eigenvalue weighted by Gasteiger charge is -2.25. The highest BCUT2D eigenvalue weighted by Gasteiger charge is 2.62. The molecule has 0 rings (SSSR count). The van der Waals surface area contributed by atoms with E-state index in [1.54, 1.807) is 0 Å². The normalized spacial score (nSPS) is 15.1. The molecule has 0 saturated carbocycles. The Hall–Kier alpha value is -0.810. The van der Waals surface area contributed by atoms with E-state index in [2.05, 4.69) is 4.74 Å². The number of unbranched alkanes of at least 4 members (excludes halogenated alkanes) is 5. The van der Waals surface area contributed by atoms with Gasteiger partial charge in [-0.25, -0.2) is 9.18 Å². The topological polar surface area (TPSA) is 26.3 Å². The van der Waals surface area contributed by atoms with Gasteiger partial charge in [0.1, 0.15) is 0 Å². The largest absolute Gasteiger partial charge is 0.463 e. The molecule has 0 fully saturated rings. The van der Waals surface area contributed by atoms with Gasteiger partial charge in [-0.1, -0.05) is 39.0 Å². The van der Waals surface area contributed by atoms with Crippen molar-refractivity contribution in [3.05, 3.63) is 0 Å². The number of carbonyl (C=O) groups excluding carboxylic acids is 1. The Morgan fingerprint density at radius 3 is 1.95 bits per heavy atom. The minimum Gasteiger partial charge on any atom is -0.463 e. The first-order valence-corrected chi connectivity index (χ1v) is 6.72. The molecular weight excluding hydrogens is 264 g/mol. The lowest BCUT2D eigenvalue weighted by atomic mass is 9.96. The molecule has 0 saturated heterocycles. The first-order valence-electron chi connectivity index (χ1n) is 6.72. The fourth-order valence-electron chi connectivity index (χ4n) is 1.75. The zero-order valence-electron chi connectivity index (χ0n) is 11.5. The lowest BCUT2D eigenvalue weighted by Crippen LogP contribution is -2.49. The number of ether oxygens (including phenoxy) is 1. The van der Waals surface area contributed by atoms with Gasteiger partial charge in [-0.05, 0) is 13.3 Å². The average Bonchev–Trinajstić information content (AvgIpc) is 2.32. The zero-order chi connectivity index (χ0) is 14.9. The highest BCUT2D eigenvalue weighted by atomic mass is 19.4. The molecule has 0 bridgehead atoms. The molecule has 1 unspecified atom stereocenters. The van der Waals surface area contributed by atoms with Gasteiger partial charge in [-0.3, -0.25) is 0 Å². The fraction of sp³-hybridized carbons (Fsp3) is 0.923. The van der Waals surface area contributed by atoms with Crippen LogP contribution >= 0.6 is 0 Å². The third-order valence-corrected chi connectivity index (χ3v) is 2.92. The Morgan fingerprint density at radius 1 is 0.947 bits per heavy atom. The van der Waals surface area contributed by atoms with Crippen molar-refractivity contribution < 1.29 is 27.1 Å². The maximum atomic E-state index is 13.9. The van der Waals surface area contributed by atoms with Crippen LogP contribution in [0.15, 0.2) is 0 Å². The molecule has 0 aliphatic carbocycles. The molecule has 6 heteroatoms. The number of hydrogen-bond donors (Lipinski definition) is 0. The third kappa shape index (κ3) is 5.78. The Bertz CT molecular complexity index is 266. The Kier molecular flexibility index (Phi) is 8.02. The van der Waals surface area contributed by atoms with Crippen LogP contribution in [-0.4, -0.2) is 24.4 Å². The van der Waals surface area contributed by atoms with Crippen molar-refractivity contribution >= 4 is 5.97 Å². The van der Waals surface area contributed by atoms with Gasteiger partial charge in [0.15, 0.2) is 0 Å². The molecule has 114 valence electrons. The Balaban J connectivity index is 4.34. The summed E-state index contributed by atoms with van der Waals surface area (Å²) in [6, 6.07) is 0. The van der Waals surface area contributed by atoms with E-state index < -0.39 is 24.2 Å². The van der Waals surface area contributed by atoms with Gasteiger partial charge in [0, 0.05) is 6.42 Å². The minimum absolute atomic E-state index is 0.0263. The quantitative estimate of drug-likeness (QED) is 0.352. The lowest BCUT2D eigenvalue weighted by molar-refractivity contribution is -0.241. The van der Waals surface area contributed by atoms with E-state index in [1.807, 2.05) is 6.92 Å². The van der Waals surface area contributed by atoms with E-state index in [1.165, 1.54) is 6.92 Å². The Morgan fingerprint density at radius 2 is 1.47 bits per heavy atom. The third-order valence-electron chi connectivity index (χ3n) is 2.92. The van der Waals surface area contributed by atoms with Crippen LogP contribution < -0.4 is 0 Å². The van der Waals surface area contributed by atoms with Crippen LogP contribution in [0.5, 0.6) is 0 Å². The van der Waals surface area contributed by atoms with Gasteiger partial charge in [-0.15, -0.1) is 0 Å². The molecule has 0 aromatic rings. The van der Waals surface area contributed by atoms with Crippen LogP contribution in [0.1, 0.15) is 58.8 Å². The molecular formula is C13H22F4O2. The van der Waals surface area contributed by atoms with E-state index in [0.717, 1.165) is 25.7 Å². The molecule has 0 aliphatic heterocycles. The van der Waals surface area contributed by atoms with E-state index in [0.29, 0.717) is 6.42 Å². The molecule has 0 N–H and O–H groups in total. The number of alkyl halides is 4. The van der Waals surface area contributed by atoms with Crippen LogP contribution in [0.3, 0.4) is 0 Å². The monoisotopic (exact) mass is 286 g/mol. The van der Waals surface area contributed by atoms with Crippen molar-refractivity contribution in [2.75, 3.05) is 6.61 Å². The summed E-state index contributed by atoms with van der Waals surface area (Å²) in [5.41, 5.74) is -3.87. The van der Waals surface area contributed by atoms with E-state index in [4.69, 9.17) is 0 Å². The van der Waals surface area contributed by atoms with Crippen molar-refractivity contribution in [3.8, 4) is 0 Å². The second-order valence-electron chi connectivity index (χ2n) is 4.54. The van der Waals surface area contributed by atoms with Crippen molar-refractivity contribution in [1.82, 2.24) is 0 Å². The SMILES string of the molecule is CCCCCCCCC(F)(C(=O)OCC)C(F)(F)F. The Labute approximate surface area is 111 Å². The van der Waals surface area contributed by atoms with E-state index in [9.17, 15) is 22.4 Å². The summed E-state index contributed by atoms with van der Waals surface area (Å²) in [6.45, 7) is 3.10. The van der Waals surface area contributed by atoms with Crippen LogP contribution in [0, 0.1) is 0 Å². The highest BCUT2D eigenvalue weighted by Crippen LogP contribution is 2.39. The van der Waals surface area contributed by atoms with Crippen LogP contribution in [0.2, 0.25) is 0 Å². The van der Waals surface area contributed by atoms with Crippen molar-refractivity contribution in [2.24, 2.45) is 0 Å². The smallest absolute Gasteiger partial charge is 0.433 e. The van der Waals surface area contributed by atoms with Gasteiger partial charge in [-0.2, -0.15) is 13.2 Å². The summed E-state index contributed by atoms with van der Waals surface area (Å²) >= 11 is 0. The van der Waals surface area contributed by atoms with Crippen molar-refractivity contribution in [1.29, 1.82) is 0 Å². The predicted octanol–water partition coefficient (Wildman–Crippen LogP) is 4.57. The summed E-state index contributed by atoms with van der Waals surface area (Å²) in [7, 11) is 0. The summed E-state index contributed by atoms with van der Waals surface area (Å²) in [5, 5.41) is 0. The second kappa shape index (κ2) is 8.38. The maximum absolute atomic E-state index is 13.9. The predicted molar refractivity (Wildman–Crippen MR) is 64.5 cm³/mol. The molecule has 0 amide bonds. The van der Waals surface area contributed by atoms with Gasteiger partial charge < -0.3 is 4.74 Å². The van der Waals surface area contributed by atoms with Gasteiger partial charge in [0.05, 0.1) is 6.61 Å². The first kappa shape index (κ1) is 18.2. The van der Waals surface area contributed by atoms with Crippen LogP contribution in [0.25, 0.3) is 0 Å². The molecule has 0 spiro atoms. The second-order valence-corrected chi connectivity index (χ2v) is 4.54. The summed E-state index contributed by atoms with van der Waals surface area (Å²) in [5.74, 6) is -1.82. The van der Waals surface area contributed by atoms with Gasteiger partial charge in [0.2, 0.25) is 0 Å². The number of hydrogen-bond acceptors (Lipinski definition) is 2. The van der Waals surface area contributed by atoms with E-state index in [-0.39, 0.29) is 13.0 Å². The highest BCUT2D eigenvalue weighted by molar-refractivity contribution is 5.80. The standard InChI is InChI=1S/C13H22F4O2/c1-3-5-6-7-8-9-10-12(14,13(15,16)17)11(18)19-4-2/h3-10H2,1-2H3. The zero-order valence-corrected chi connectivity index (χ0v) is 11.5. The minimum atomic E-state index is -5.22. The molecule has 1 atom stereocenters. The molecule has 19 heavy (non-hydrogen) atoms. The van der Waals surface area contributed by atoms with Gasteiger partial charge >= 0.3 is 17.8 Å². The number of carbonyl (C=O) groups is 1. The van der Waals surface area contributed by atoms with Crippen LogP contribution in [-0.2, 0) is 9.53 Å². The van der Waals surface area contributed by atoms with Crippen molar-refractivity contribution in [2.45, 2.75) is 70.6 Å². The fourth-order valence-corrected chi connectivity index (χ4v) is 1.75. The maximum Gasteiger partial charge on any atom is 0.433 e. The molecule has 0 aromatic heterocycles. The first-order chi connectivity index (χ1) is 8.79. The van der Waals surface area contributed by atoms with Gasteiger partial charge in [0.25, 0.3) is 0 Å². The molecule has 0 aromatic carbocycles. The molecule has 2 nitrogen and oxygen atoms in total. The van der Waals surface area contributed by atoms with Crippen LogP contribution in [0.4, 0.5) is 17.6 Å². The molecule has 0 radical (unpaired) electrons. The van der Waals surface area contributed by atoms with Crippen molar-refractivity contribution in [3.63, 3.8) is 0 Å². The number of halogens is 4.